The molecule has 0 aliphatic heterocycles. The third-order valence-corrected chi connectivity index (χ3v) is 2.63. The van der Waals surface area contributed by atoms with Crippen LogP contribution >= 0.6 is 0 Å². The third-order valence-electron chi connectivity index (χ3n) is 2.63. The molecule has 6 nitrogen and oxygen atoms in total. The molecule has 21 heavy (non-hydrogen) atoms. The molecule has 1 rings (SSSR count). The number of methoxy groups -OCH3 is 1. The summed E-state index contributed by atoms with van der Waals surface area (Å²) in [7, 11) is 1.60. The van der Waals surface area contributed by atoms with Gasteiger partial charge in [-0.05, 0) is 26.0 Å². The summed E-state index contributed by atoms with van der Waals surface area (Å²) < 4.78 is 15.9. The van der Waals surface area contributed by atoms with Crippen LogP contribution in [0.3, 0.4) is 0 Å². The van der Waals surface area contributed by atoms with E-state index in [1.807, 2.05) is 32.0 Å². The minimum atomic E-state index is -0.101. The van der Waals surface area contributed by atoms with Crippen LogP contribution in [-0.2, 0) is 9.53 Å². The van der Waals surface area contributed by atoms with Gasteiger partial charge >= 0.3 is 0 Å². The summed E-state index contributed by atoms with van der Waals surface area (Å²) in [5.74, 6) is 1.34. The Morgan fingerprint density at radius 1 is 1.19 bits per heavy atom. The summed E-state index contributed by atoms with van der Waals surface area (Å²) >= 11 is 0. The lowest BCUT2D eigenvalue weighted by molar-refractivity contribution is -0.119. The van der Waals surface area contributed by atoms with Crippen LogP contribution in [0.1, 0.15) is 13.8 Å². The van der Waals surface area contributed by atoms with Crippen molar-refractivity contribution in [2.75, 3.05) is 45.3 Å². The van der Waals surface area contributed by atoms with E-state index in [0.717, 1.165) is 11.4 Å². The number of anilines is 1. The number of carbonyl (C=O) groups is 1. The molecule has 0 aliphatic carbocycles. The fourth-order valence-electron chi connectivity index (χ4n) is 1.72. The number of amides is 1. The molecule has 118 valence electrons. The molecule has 0 atom stereocenters. The molecule has 0 aliphatic rings. The van der Waals surface area contributed by atoms with Gasteiger partial charge in [0.25, 0.3) is 0 Å². The molecule has 1 amide bonds. The van der Waals surface area contributed by atoms with Gasteiger partial charge < -0.3 is 24.8 Å². The maximum Gasteiger partial charge on any atom is 0.239 e. The quantitative estimate of drug-likeness (QED) is 0.643. The Morgan fingerprint density at radius 2 is 1.95 bits per heavy atom. The fraction of sp³-hybridized carbons (Fsp3) is 0.533. The van der Waals surface area contributed by atoms with Crippen molar-refractivity contribution in [1.29, 1.82) is 0 Å². The average Bonchev–Trinajstić information content (AvgIpc) is 2.48. The normalized spacial score (nSPS) is 10.0. The number of benzene rings is 1. The van der Waals surface area contributed by atoms with Gasteiger partial charge in [-0.15, -0.1) is 0 Å². The summed E-state index contributed by atoms with van der Waals surface area (Å²) in [6.45, 7) is 6.14. The van der Waals surface area contributed by atoms with Crippen LogP contribution in [0.15, 0.2) is 18.2 Å². The molecule has 1 aromatic rings. The highest BCUT2D eigenvalue weighted by Gasteiger charge is 2.07. The summed E-state index contributed by atoms with van der Waals surface area (Å²) in [6, 6.07) is 5.51. The van der Waals surface area contributed by atoms with Crippen molar-refractivity contribution in [1.82, 2.24) is 5.32 Å². The first-order chi connectivity index (χ1) is 10.2. The molecule has 0 heterocycles. The molecule has 1 aromatic carbocycles. The van der Waals surface area contributed by atoms with Crippen LogP contribution in [0.5, 0.6) is 11.5 Å². The van der Waals surface area contributed by atoms with Crippen LogP contribution < -0.4 is 20.1 Å². The van der Waals surface area contributed by atoms with Crippen LogP contribution in [0.25, 0.3) is 0 Å². The van der Waals surface area contributed by atoms with Crippen molar-refractivity contribution in [3.05, 3.63) is 18.2 Å². The molecular weight excluding hydrogens is 272 g/mol. The van der Waals surface area contributed by atoms with E-state index in [1.54, 1.807) is 7.11 Å². The molecule has 0 radical (unpaired) electrons. The highest BCUT2D eigenvalue weighted by atomic mass is 16.5. The Morgan fingerprint density at radius 3 is 2.62 bits per heavy atom. The van der Waals surface area contributed by atoms with Gasteiger partial charge in [-0.3, -0.25) is 4.79 Å². The van der Waals surface area contributed by atoms with Gasteiger partial charge in [-0.1, -0.05) is 0 Å². The zero-order valence-electron chi connectivity index (χ0n) is 12.9. The van der Waals surface area contributed by atoms with E-state index < -0.39 is 0 Å². The fourth-order valence-corrected chi connectivity index (χ4v) is 1.72. The highest BCUT2D eigenvalue weighted by Crippen LogP contribution is 2.29. The lowest BCUT2D eigenvalue weighted by atomic mass is 10.2. The van der Waals surface area contributed by atoms with Crippen molar-refractivity contribution in [3.63, 3.8) is 0 Å². The van der Waals surface area contributed by atoms with Crippen LogP contribution in [0.4, 0.5) is 5.69 Å². The number of ether oxygens (including phenoxy) is 3. The van der Waals surface area contributed by atoms with Gasteiger partial charge in [-0.25, -0.2) is 0 Å². The smallest absolute Gasteiger partial charge is 0.239 e. The first-order valence-electron chi connectivity index (χ1n) is 7.10. The second-order valence-corrected chi connectivity index (χ2v) is 4.22. The van der Waals surface area contributed by atoms with Gasteiger partial charge in [0.15, 0.2) is 0 Å². The standard InChI is InChI=1S/C15H24N2O4/c1-4-20-12-6-7-14(21-5-2)13(10-12)17-11-15(18)16-8-9-19-3/h6-7,10,17H,4-5,8-9,11H2,1-3H3,(H,16,18). The van der Waals surface area contributed by atoms with E-state index in [9.17, 15) is 4.79 Å². The average molecular weight is 296 g/mol. The van der Waals surface area contributed by atoms with Crippen LogP contribution in [0.2, 0.25) is 0 Å². The topological polar surface area (TPSA) is 68.8 Å². The lowest BCUT2D eigenvalue weighted by Crippen LogP contribution is -2.32. The zero-order chi connectivity index (χ0) is 15.5. The van der Waals surface area contributed by atoms with Crippen molar-refractivity contribution >= 4 is 11.6 Å². The summed E-state index contributed by atoms with van der Waals surface area (Å²) in [5.41, 5.74) is 0.740. The van der Waals surface area contributed by atoms with Gasteiger partial charge in [0, 0.05) is 19.7 Å². The molecule has 0 saturated heterocycles. The second kappa shape index (κ2) is 9.88. The van der Waals surface area contributed by atoms with Gasteiger partial charge in [-0.2, -0.15) is 0 Å². The molecule has 0 saturated carbocycles. The predicted molar refractivity (Wildman–Crippen MR) is 82.2 cm³/mol. The van der Waals surface area contributed by atoms with Crippen LogP contribution in [0, 0.1) is 0 Å². The molecule has 0 fully saturated rings. The SMILES string of the molecule is CCOc1ccc(OCC)c(NCC(=O)NCCOC)c1. The molecule has 0 bridgehead atoms. The number of carbonyl (C=O) groups excluding carboxylic acids is 1. The summed E-state index contributed by atoms with van der Waals surface area (Å²) in [5, 5.41) is 5.81. The van der Waals surface area contributed by atoms with Crippen molar-refractivity contribution in [3.8, 4) is 11.5 Å². The van der Waals surface area contributed by atoms with E-state index in [1.165, 1.54) is 0 Å². The first kappa shape index (κ1) is 17.1. The van der Waals surface area contributed by atoms with Gasteiger partial charge in [0.2, 0.25) is 5.91 Å². The number of nitrogens with one attached hydrogen (secondary N) is 2. The maximum atomic E-state index is 11.7. The molecule has 0 spiro atoms. The minimum absolute atomic E-state index is 0.101. The van der Waals surface area contributed by atoms with Gasteiger partial charge in [0.1, 0.15) is 11.5 Å². The van der Waals surface area contributed by atoms with E-state index in [4.69, 9.17) is 14.2 Å². The van der Waals surface area contributed by atoms with Crippen molar-refractivity contribution in [2.45, 2.75) is 13.8 Å². The Labute approximate surface area is 125 Å². The molecule has 6 heteroatoms. The zero-order valence-corrected chi connectivity index (χ0v) is 12.9. The second-order valence-electron chi connectivity index (χ2n) is 4.22. The van der Waals surface area contributed by atoms with Crippen molar-refractivity contribution in [2.24, 2.45) is 0 Å². The first-order valence-corrected chi connectivity index (χ1v) is 7.10. The monoisotopic (exact) mass is 296 g/mol. The minimum Gasteiger partial charge on any atom is -0.494 e. The highest BCUT2D eigenvalue weighted by molar-refractivity contribution is 5.81. The number of hydrogen-bond acceptors (Lipinski definition) is 5. The molecule has 0 unspecified atom stereocenters. The Hall–Kier alpha value is -1.95. The van der Waals surface area contributed by atoms with Crippen molar-refractivity contribution < 1.29 is 19.0 Å². The molecular formula is C15H24N2O4. The number of hydrogen-bond donors (Lipinski definition) is 2. The Kier molecular flexibility index (Phi) is 8.04. The lowest BCUT2D eigenvalue weighted by Gasteiger charge is -2.14. The largest absolute Gasteiger partial charge is 0.494 e. The van der Waals surface area contributed by atoms with Crippen LogP contribution in [-0.4, -0.2) is 45.9 Å². The Bertz CT molecular complexity index is 438. The number of rotatable bonds is 10. The van der Waals surface area contributed by atoms with E-state index in [-0.39, 0.29) is 12.5 Å². The van der Waals surface area contributed by atoms with E-state index >= 15 is 0 Å². The maximum absolute atomic E-state index is 11.7. The van der Waals surface area contributed by atoms with E-state index in [2.05, 4.69) is 10.6 Å². The third kappa shape index (κ3) is 6.35. The van der Waals surface area contributed by atoms with Gasteiger partial charge in [0.05, 0.1) is 32.1 Å². The summed E-state index contributed by atoms with van der Waals surface area (Å²) in [6.07, 6.45) is 0. The summed E-state index contributed by atoms with van der Waals surface area (Å²) in [4.78, 5) is 11.7. The predicted octanol–water partition coefficient (Wildman–Crippen LogP) is 1.66. The molecule has 0 aromatic heterocycles. The molecule has 2 N–H and O–H groups in total. The van der Waals surface area contributed by atoms with E-state index in [0.29, 0.717) is 32.1 Å². The Balaban J connectivity index is 2.61.